The highest BCUT2D eigenvalue weighted by Gasteiger charge is 2.02. The second-order valence-corrected chi connectivity index (χ2v) is 1.26. The van der Waals surface area contributed by atoms with Crippen molar-refractivity contribution in [2.45, 2.75) is 0 Å². The van der Waals surface area contributed by atoms with Crippen molar-refractivity contribution in [2.24, 2.45) is 0 Å². The van der Waals surface area contributed by atoms with E-state index in [0.29, 0.717) is 0 Å². The Morgan fingerprint density at radius 1 is 1.83 bits per heavy atom. The highest BCUT2D eigenvalue weighted by Crippen LogP contribution is 2.09. The molecule has 0 rings (SSSR count). The van der Waals surface area contributed by atoms with Gasteiger partial charge in [-0.1, -0.05) is 0 Å². The SMILES string of the molecule is CO[P+](=O)O.P. The minimum atomic E-state index is -2.35. The summed E-state index contributed by atoms with van der Waals surface area (Å²) in [7, 11) is -1.18. The maximum absolute atomic E-state index is 9.29. The van der Waals surface area contributed by atoms with Crippen LogP contribution in [0.3, 0.4) is 0 Å². The molecule has 6 heavy (non-hydrogen) atoms. The fourth-order valence-electron chi connectivity index (χ4n) is 0. The van der Waals surface area contributed by atoms with E-state index < -0.39 is 8.25 Å². The Bertz CT molecular complexity index is 44.1. The first-order valence-electron chi connectivity index (χ1n) is 0.973. The van der Waals surface area contributed by atoms with Crippen LogP contribution in [0.4, 0.5) is 0 Å². The maximum atomic E-state index is 9.29. The molecule has 0 bridgehead atoms. The third-order valence-corrected chi connectivity index (χ3v) is 0.469. The van der Waals surface area contributed by atoms with E-state index in [0.717, 1.165) is 0 Å². The molecule has 0 spiro atoms. The minimum absolute atomic E-state index is 0. The molecule has 0 aliphatic carbocycles. The zero-order chi connectivity index (χ0) is 4.28. The van der Waals surface area contributed by atoms with Gasteiger partial charge in [-0.2, -0.15) is 9.90 Å². The third kappa shape index (κ3) is 8.82. The van der Waals surface area contributed by atoms with Crippen LogP contribution in [0.25, 0.3) is 0 Å². The van der Waals surface area contributed by atoms with Gasteiger partial charge >= 0.3 is 8.25 Å². The van der Waals surface area contributed by atoms with E-state index in [1.807, 2.05) is 0 Å². The Balaban J connectivity index is 0. The van der Waals surface area contributed by atoms with Gasteiger partial charge in [-0.3, -0.25) is 0 Å². The van der Waals surface area contributed by atoms with E-state index in [4.69, 9.17) is 4.89 Å². The fraction of sp³-hybridized carbons (Fsp3) is 1.00. The van der Waals surface area contributed by atoms with Crippen LogP contribution in [0.1, 0.15) is 0 Å². The van der Waals surface area contributed by atoms with Crippen molar-refractivity contribution in [2.75, 3.05) is 7.11 Å². The van der Waals surface area contributed by atoms with Gasteiger partial charge < -0.3 is 0 Å². The monoisotopic (exact) mass is 129 g/mol. The van der Waals surface area contributed by atoms with Crippen LogP contribution in [-0.4, -0.2) is 12.0 Å². The van der Waals surface area contributed by atoms with Crippen LogP contribution in [0.5, 0.6) is 0 Å². The van der Waals surface area contributed by atoms with Crippen LogP contribution in [-0.2, 0) is 9.09 Å². The minimum Gasteiger partial charge on any atom is -0.153 e. The van der Waals surface area contributed by atoms with Crippen LogP contribution >= 0.6 is 18.2 Å². The van der Waals surface area contributed by atoms with Crippen LogP contribution in [0.2, 0.25) is 0 Å². The molecule has 0 saturated heterocycles. The van der Waals surface area contributed by atoms with Crippen molar-refractivity contribution in [1.29, 1.82) is 0 Å². The van der Waals surface area contributed by atoms with Crippen LogP contribution in [0.15, 0.2) is 0 Å². The Morgan fingerprint density at radius 3 is 2.00 bits per heavy atom. The van der Waals surface area contributed by atoms with Gasteiger partial charge in [0, 0.05) is 4.57 Å². The molecule has 0 amide bonds. The molecule has 3 nitrogen and oxygen atoms in total. The van der Waals surface area contributed by atoms with Crippen molar-refractivity contribution in [3.63, 3.8) is 0 Å². The largest absolute Gasteiger partial charge is 0.694 e. The lowest BCUT2D eigenvalue weighted by Crippen LogP contribution is -1.57. The second kappa shape index (κ2) is 5.45. The zero-order valence-corrected chi connectivity index (χ0v) is 5.73. The molecule has 2 unspecified atom stereocenters. The summed E-state index contributed by atoms with van der Waals surface area (Å²) in [6, 6.07) is 0. The first kappa shape index (κ1) is 9.67. The molecule has 0 aromatic carbocycles. The molecule has 0 fully saturated rings. The molecule has 0 aromatic heterocycles. The first-order valence-corrected chi connectivity index (χ1v) is 2.10. The van der Waals surface area contributed by atoms with E-state index in [-0.39, 0.29) is 9.90 Å². The average Bonchev–Trinajstić information content (AvgIpc) is 1.38. The summed E-state index contributed by atoms with van der Waals surface area (Å²) >= 11 is 0. The van der Waals surface area contributed by atoms with E-state index in [1.165, 1.54) is 7.11 Å². The van der Waals surface area contributed by atoms with Crippen molar-refractivity contribution >= 4 is 18.2 Å². The highest BCUT2D eigenvalue weighted by atomic mass is 31.1. The Labute approximate surface area is 40.3 Å². The third-order valence-electron chi connectivity index (χ3n) is 0.156. The quantitative estimate of drug-likeness (QED) is 0.519. The molecule has 5 heteroatoms. The Kier molecular flexibility index (Phi) is 8.79. The standard InChI is InChI=1S/CH3O3P.H3P/c1-4-5(2)3;/h1H3;1H3/p+1. The van der Waals surface area contributed by atoms with Gasteiger partial charge in [0.25, 0.3) is 0 Å². The Hall–Kier alpha value is 0.450. The van der Waals surface area contributed by atoms with E-state index in [2.05, 4.69) is 4.52 Å². The summed E-state index contributed by atoms with van der Waals surface area (Å²) < 4.78 is 13.1. The topological polar surface area (TPSA) is 46.5 Å². The predicted molar refractivity (Wildman–Crippen MR) is 27.9 cm³/mol. The van der Waals surface area contributed by atoms with Gasteiger partial charge in [0.15, 0.2) is 0 Å². The summed E-state index contributed by atoms with van der Waals surface area (Å²) in [4.78, 5) is 7.65. The fourth-order valence-corrected chi connectivity index (χ4v) is 0. The second-order valence-electron chi connectivity index (χ2n) is 0.420. The molecule has 0 aliphatic rings. The molecule has 0 aromatic rings. The number of hydrogen-bond acceptors (Lipinski definition) is 2. The molecule has 2 atom stereocenters. The first-order chi connectivity index (χ1) is 2.27. The molecule has 0 radical (unpaired) electrons. The van der Waals surface area contributed by atoms with E-state index >= 15 is 0 Å². The summed E-state index contributed by atoms with van der Waals surface area (Å²) in [6.07, 6.45) is 0. The number of rotatable bonds is 1. The van der Waals surface area contributed by atoms with Crippen molar-refractivity contribution in [3.8, 4) is 0 Å². The predicted octanol–water partition coefficient (Wildman–Crippen LogP) is 0.341. The van der Waals surface area contributed by atoms with Gasteiger partial charge in [-0.15, -0.1) is 9.42 Å². The molecule has 1 N–H and O–H groups in total. The number of hydrogen-bond donors (Lipinski definition) is 1. The normalized spacial score (nSPS) is 9.33. The van der Waals surface area contributed by atoms with Gasteiger partial charge in [-0.05, 0) is 0 Å². The van der Waals surface area contributed by atoms with Crippen molar-refractivity contribution < 1.29 is 14.0 Å². The Morgan fingerprint density at radius 2 is 2.00 bits per heavy atom. The van der Waals surface area contributed by atoms with Gasteiger partial charge in [0.05, 0.1) is 7.11 Å². The zero-order valence-electron chi connectivity index (χ0n) is 3.42. The molecule has 0 aliphatic heterocycles. The average molecular weight is 129 g/mol. The molecular formula is CH7O3P2+. The summed E-state index contributed by atoms with van der Waals surface area (Å²) in [5.74, 6) is 0. The molecule has 0 saturated carbocycles. The molecular weight excluding hydrogens is 122 g/mol. The van der Waals surface area contributed by atoms with Crippen molar-refractivity contribution in [3.05, 3.63) is 0 Å². The maximum Gasteiger partial charge on any atom is 0.694 e. The summed E-state index contributed by atoms with van der Waals surface area (Å²) in [5, 5.41) is 0. The lowest BCUT2D eigenvalue weighted by atomic mass is 11.8. The van der Waals surface area contributed by atoms with Gasteiger partial charge in [-0.25, -0.2) is 0 Å². The smallest absolute Gasteiger partial charge is 0.153 e. The lowest BCUT2D eigenvalue weighted by molar-refractivity contribution is 0.343. The summed E-state index contributed by atoms with van der Waals surface area (Å²) in [6.45, 7) is 0. The van der Waals surface area contributed by atoms with Crippen LogP contribution in [0, 0.1) is 0 Å². The summed E-state index contributed by atoms with van der Waals surface area (Å²) in [5.41, 5.74) is 0. The van der Waals surface area contributed by atoms with Gasteiger partial charge in [0.1, 0.15) is 0 Å². The lowest BCUT2D eigenvalue weighted by Gasteiger charge is -1.55. The molecule has 38 valence electrons. The van der Waals surface area contributed by atoms with E-state index in [1.54, 1.807) is 0 Å². The molecule has 0 heterocycles. The van der Waals surface area contributed by atoms with Crippen molar-refractivity contribution in [1.82, 2.24) is 0 Å². The highest BCUT2D eigenvalue weighted by molar-refractivity contribution is 7.32. The van der Waals surface area contributed by atoms with Gasteiger partial charge in [0.2, 0.25) is 0 Å². The van der Waals surface area contributed by atoms with E-state index in [9.17, 15) is 4.57 Å². The van der Waals surface area contributed by atoms with Crippen LogP contribution < -0.4 is 0 Å².